The number of carbonyl (C=O) groups excluding carboxylic acids is 2. The van der Waals surface area contributed by atoms with Crippen LogP contribution in [0.3, 0.4) is 0 Å². The van der Waals surface area contributed by atoms with Crippen LogP contribution >= 0.6 is 0 Å². The summed E-state index contributed by atoms with van der Waals surface area (Å²) in [4.78, 5) is 31.2. The lowest BCUT2D eigenvalue weighted by atomic mass is 9.87. The zero-order valence-corrected chi connectivity index (χ0v) is 16.5. The summed E-state index contributed by atoms with van der Waals surface area (Å²) in [6.07, 6.45) is 0. The van der Waals surface area contributed by atoms with Crippen molar-refractivity contribution in [2.45, 2.75) is 6.04 Å². The molecule has 7 heteroatoms. The van der Waals surface area contributed by atoms with Gasteiger partial charge in [0.25, 0.3) is 0 Å². The number of methoxy groups -OCH3 is 3. The van der Waals surface area contributed by atoms with Crippen molar-refractivity contribution in [3.8, 4) is 5.75 Å². The van der Waals surface area contributed by atoms with Crippen LogP contribution in [0.25, 0.3) is 0 Å². The molecule has 2 aliphatic rings. The molecule has 29 heavy (non-hydrogen) atoms. The van der Waals surface area contributed by atoms with Crippen LogP contribution in [0.15, 0.2) is 54.6 Å². The molecule has 0 bridgehead atoms. The zero-order valence-electron chi connectivity index (χ0n) is 16.5. The molecule has 3 atom stereocenters. The summed E-state index contributed by atoms with van der Waals surface area (Å²) in [5.41, 5.74) is 0.974. The van der Waals surface area contributed by atoms with Gasteiger partial charge in [0.05, 0.1) is 56.9 Å². The number of nitrogens with zero attached hydrogens (tertiary/aromatic N) is 1. The Morgan fingerprint density at radius 1 is 0.931 bits per heavy atom. The predicted octanol–water partition coefficient (Wildman–Crippen LogP) is 2.77. The van der Waals surface area contributed by atoms with Crippen molar-refractivity contribution in [2.24, 2.45) is 17.3 Å². The third-order valence-electron chi connectivity index (χ3n) is 5.93. The van der Waals surface area contributed by atoms with E-state index < -0.39 is 29.2 Å². The Kier molecular flexibility index (Phi) is 4.92. The molecule has 0 amide bonds. The van der Waals surface area contributed by atoms with Gasteiger partial charge in [-0.2, -0.15) is 0 Å². The van der Waals surface area contributed by atoms with Gasteiger partial charge in [-0.3, -0.25) is 14.4 Å². The maximum atomic E-state index is 12.6. The molecule has 3 unspecified atom stereocenters. The van der Waals surface area contributed by atoms with Crippen molar-refractivity contribution in [3.05, 3.63) is 60.2 Å². The lowest BCUT2D eigenvalue weighted by Crippen LogP contribution is -2.28. The molecule has 2 fully saturated rings. The van der Waals surface area contributed by atoms with E-state index in [1.807, 2.05) is 54.6 Å². The molecule has 1 aliphatic heterocycles. The van der Waals surface area contributed by atoms with Crippen LogP contribution in [-0.2, 0) is 23.9 Å². The van der Waals surface area contributed by atoms with Crippen LogP contribution in [-0.4, -0.2) is 39.9 Å². The van der Waals surface area contributed by atoms with Crippen molar-refractivity contribution in [1.29, 1.82) is 0 Å². The van der Waals surface area contributed by atoms with E-state index in [0.29, 0.717) is 0 Å². The van der Waals surface area contributed by atoms with E-state index in [9.17, 15) is 9.59 Å². The fraction of sp³-hybridized carbons (Fsp3) is 0.364. The number of hydrogen-bond acceptors (Lipinski definition) is 7. The number of carbonyl (C=O) groups is 2. The van der Waals surface area contributed by atoms with Crippen LogP contribution < -0.4 is 9.80 Å². The molecule has 1 heterocycles. The molecular formula is C22H23NO6. The summed E-state index contributed by atoms with van der Waals surface area (Å²) in [5, 5.41) is 1.78. The molecule has 0 aromatic heterocycles. The Morgan fingerprint density at radius 3 is 2.03 bits per heavy atom. The topological polar surface area (TPSA) is 74.3 Å². The summed E-state index contributed by atoms with van der Waals surface area (Å²) in [6, 6.07) is 16.8. The number of hydroxylamine groups is 1. The highest BCUT2D eigenvalue weighted by Crippen LogP contribution is 2.70. The Labute approximate surface area is 169 Å². The van der Waals surface area contributed by atoms with Gasteiger partial charge in [0.1, 0.15) is 5.75 Å². The van der Waals surface area contributed by atoms with Crippen molar-refractivity contribution in [3.63, 3.8) is 0 Å². The summed E-state index contributed by atoms with van der Waals surface area (Å²) < 4.78 is 15.3. The highest BCUT2D eigenvalue weighted by molar-refractivity contribution is 5.91. The normalized spacial score (nSPS) is 27.6. The van der Waals surface area contributed by atoms with E-state index in [-0.39, 0.29) is 12.6 Å². The summed E-state index contributed by atoms with van der Waals surface area (Å²) in [5.74, 6) is -1.42. The average molecular weight is 397 g/mol. The van der Waals surface area contributed by atoms with Crippen LogP contribution in [0.2, 0.25) is 0 Å². The highest BCUT2D eigenvalue weighted by Gasteiger charge is 2.79. The lowest BCUT2D eigenvalue weighted by Gasteiger charge is -2.28. The number of para-hydroxylation sites is 1. The third-order valence-corrected chi connectivity index (χ3v) is 5.93. The molecule has 2 aromatic rings. The number of rotatable bonds is 5. The van der Waals surface area contributed by atoms with Crippen LogP contribution in [0.4, 0.5) is 5.69 Å². The minimum absolute atomic E-state index is 0.206. The molecule has 1 spiro atoms. The first-order chi connectivity index (χ1) is 14.1. The molecule has 0 radical (unpaired) electrons. The molecule has 1 saturated heterocycles. The smallest absolute Gasteiger partial charge is 0.310 e. The second-order valence-corrected chi connectivity index (χ2v) is 7.22. The van der Waals surface area contributed by atoms with E-state index >= 15 is 0 Å². The van der Waals surface area contributed by atoms with Gasteiger partial charge >= 0.3 is 11.9 Å². The molecule has 0 N–H and O–H groups in total. The minimum atomic E-state index is -0.773. The summed E-state index contributed by atoms with van der Waals surface area (Å²) in [6.45, 7) is 0.206. The number of hydrogen-bond donors (Lipinski definition) is 0. The van der Waals surface area contributed by atoms with Gasteiger partial charge in [0.2, 0.25) is 0 Å². The molecule has 1 aliphatic carbocycles. The van der Waals surface area contributed by atoms with Gasteiger partial charge < -0.3 is 14.2 Å². The van der Waals surface area contributed by atoms with Crippen molar-refractivity contribution < 1.29 is 28.6 Å². The number of esters is 2. The van der Waals surface area contributed by atoms with Gasteiger partial charge in [-0.05, 0) is 29.8 Å². The average Bonchev–Trinajstić information content (AvgIpc) is 3.28. The second kappa shape index (κ2) is 7.40. The summed E-state index contributed by atoms with van der Waals surface area (Å²) >= 11 is 0. The molecule has 1 saturated carbocycles. The largest absolute Gasteiger partial charge is 0.497 e. The Hall–Kier alpha value is -3.06. The second-order valence-electron chi connectivity index (χ2n) is 7.22. The van der Waals surface area contributed by atoms with Gasteiger partial charge in [-0.25, -0.2) is 5.06 Å². The Bertz CT molecular complexity index is 875. The first kappa shape index (κ1) is 19.3. The van der Waals surface area contributed by atoms with Crippen LogP contribution in [0.1, 0.15) is 11.6 Å². The molecule has 152 valence electrons. The predicted molar refractivity (Wildman–Crippen MR) is 104 cm³/mol. The first-order valence-electron chi connectivity index (χ1n) is 9.35. The fourth-order valence-corrected chi connectivity index (χ4v) is 4.53. The molecule has 2 aromatic carbocycles. The Morgan fingerprint density at radius 2 is 1.52 bits per heavy atom. The van der Waals surface area contributed by atoms with Gasteiger partial charge in [0, 0.05) is 0 Å². The first-order valence-corrected chi connectivity index (χ1v) is 9.35. The van der Waals surface area contributed by atoms with Crippen LogP contribution in [0.5, 0.6) is 5.75 Å². The van der Waals surface area contributed by atoms with Gasteiger partial charge in [-0.15, -0.1) is 0 Å². The van der Waals surface area contributed by atoms with Crippen molar-refractivity contribution in [1.82, 2.24) is 0 Å². The SMILES string of the molecule is COC(=O)C1C(C(=O)OC)C12CON(c1ccccc1)C2c1ccc(OC)cc1. The van der Waals surface area contributed by atoms with Gasteiger partial charge in [0.15, 0.2) is 0 Å². The number of ether oxygens (including phenoxy) is 3. The van der Waals surface area contributed by atoms with E-state index in [2.05, 4.69) is 0 Å². The number of benzene rings is 2. The van der Waals surface area contributed by atoms with E-state index in [4.69, 9.17) is 19.0 Å². The van der Waals surface area contributed by atoms with E-state index in [1.54, 1.807) is 12.2 Å². The molecule has 4 rings (SSSR count). The highest BCUT2D eigenvalue weighted by atomic mass is 16.7. The Balaban J connectivity index is 1.82. The third kappa shape index (κ3) is 2.93. The monoisotopic (exact) mass is 397 g/mol. The maximum absolute atomic E-state index is 12.6. The van der Waals surface area contributed by atoms with E-state index in [0.717, 1.165) is 17.0 Å². The van der Waals surface area contributed by atoms with Crippen molar-refractivity contribution >= 4 is 17.6 Å². The van der Waals surface area contributed by atoms with Crippen LogP contribution in [0, 0.1) is 17.3 Å². The maximum Gasteiger partial charge on any atom is 0.310 e. The van der Waals surface area contributed by atoms with E-state index in [1.165, 1.54) is 14.2 Å². The van der Waals surface area contributed by atoms with Crippen molar-refractivity contribution in [2.75, 3.05) is 33.0 Å². The number of anilines is 1. The standard InChI is InChI=1S/C22H23NO6/c1-26-16-11-9-14(10-12-16)19-22(13-29-23(19)15-7-5-4-6-8-15)17(20(24)27-2)18(22)21(25)28-3/h4-12,17-19H,13H2,1-3H3. The molecule has 7 nitrogen and oxygen atoms in total. The fourth-order valence-electron chi connectivity index (χ4n) is 4.53. The molecular weight excluding hydrogens is 374 g/mol. The lowest BCUT2D eigenvalue weighted by molar-refractivity contribution is -0.148. The minimum Gasteiger partial charge on any atom is -0.497 e. The zero-order chi connectivity index (χ0) is 20.6. The quantitative estimate of drug-likeness (QED) is 0.718. The van der Waals surface area contributed by atoms with Gasteiger partial charge in [-0.1, -0.05) is 30.3 Å². The summed E-state index contributed by atoms with van der Waals surface area (Å²) in [7, 11) is 4.26.